The Hall–Kier alpha value is -3.17. The van der Waals surface area contributed by atoms with Crippen molar-refractivity contribution in [2.75, 3.05) is 6.61 Å². The Morgan fingerprint density at radius 3 is 2.27 bits per heavy atom. The Balaban J connectivity index is 1.66. The van der Waals surface area contributed by atoms with Gasteiger partial charge in [0.2, 0.25) is 0 Å². The Labute approximate surface area is 222 Å². The van der Waals surface area contributed by atoms with Crippen molar-refractivity contribution in [3.8, 4) is 22.3 Å². The minimum atomic E-state index is -0.346. The molecule has 1 aliphatic rings. The zero-order valence-corrected chi connectivity index (χ0v) is 22.4. The third kappa shape index (κ3) is 6.78. The van der Waals surface area contributed by atoms with E-state index in [2.05, 4.69) is 74.2 Å². The summed E-state index contributed by atoms with van der Waals surface area (Å²) in [6.45, 7) is 8.09. The van der Waals surface area contributed by atoms with Crippen molar-refractivity contribution in [2.45, 2.75) is 77.7 Å². The van der Waals surface area contributed by atoms with Crippen LogP contribution in [0.1, 0.15) is 80.5 Å². The van der Waals surface area contributed by atoms with Gasteiger partial charge in [0.25, 0.3) is 0 Å². The van der Waals surface area contributed by atoms with Crippen LogP contribution in [0.5, 0.6) is 0 Å². The van der Waals surface area contributed by atoms with E-state index in [9.17, 15) is 4.79 Å². The average molecular weight is 497 g/mol. The van der Waals surface area contributed by atoms with Gasteiger partial charge in [0.1, 0.15) is 6.61 Å². The highest BCUT2D eigenvalue weighted by molar-refractivity contribution is 5.87. The minimum absolute atomic E-state index is 0.221. The number of hydrogen-bond acceptors (Lipinski definition) is 3. The highest BCUT2D eigenvalue weighted by Crippen LogP contribution is 2.37. The van der Waals surface area contributed by atoms with E-state index in [0.717, 1.165) is 36.0 Å². The van der Waals surface area contributed by atoms with Crippen molar-refractivity contribution in [2.24, 2.45) is 0 Å². The van der Waals surface area contributed by atoms with E-state index in [1.807, 2.05) is 0 Å². The lowest BCUT2D eigenvalue weighted by Crippen LogP contribution is -2.08. The van der Waals surface area contributed by atoms with Gasteiger partial charge in [0.05, 0.1) is 0 Å². The number of benzene rings is 3. The first kappa shape index (κ1) is 26.9. The summed E-state index contributed by atoms with van der Waals surface area (Å²) in [5.74, 6) is 0.244. The molecule has 0 spiro atoms. The number of carbonyl (C=O) groups excluding carboxylic acids is 1. The third-order valence-corrected chi connectivity index (χ3v) is 7.60. The summed E-state index contributed by atoms with van der Waals surface area (Å²) in [6, 6.07) is 22.1. The summed E-state index contributed by atoms with van der Waals surface area (Å²) >= 11 is 0. The second kappa shape index (κ2) is 12.9. The number of ether oxygens (including phenoxy) is 1. The molecule has 0 amide bonds. The molecule has 3 nitrogen and oxygen atoms in total. The van der Waals surface area contributed by atoms with Gasteiger partial charge in [-0.1, -0.05) is 93.4 Å². The second-order valence-electron chi connectivity index (χ2n) is 10.4. The molecule has 0 heterocycles. The number of carbonyl (C=O) groups is 1. The standard InChI is InChI=1S/C34H40O3/c1-4-26-21-30(17-19-32(26)28-14-12-25(13-15-28)9-8-20-35)33-18-16-29(27-10-6-5-7-11-27)22-31(33)23-37-34(36)24(2)3/h12-19,21-22,27,35H,2,4-11,20,23H2,1,3H3. The molecular formula is C34H40O3. The number of esters is 1. The SMILES string of the molecule is C=C(C)C(=O)OCc1cc(C2CCCCC2)ccc1-c1ccc(-c2ccc(CCCO)cc2)c(CC)c1. The number of hydrogen-bond donors (Lipinski definition) is 1. The molecule has 3 aromatic rings. The van der Waals surface area contributed by atoms with Crippen molar-refractivity contribution >= 4 is 5.97 Å². The van der Waals surface area contributed by atoms with Crippen molar-refractivity contribution in [3.63, 3.8) is 0 Å². The predicted octanol–water partition coefficient (Wildman–Crippen LogP) is 8.17. The van der Waals surface area contributed by atoms with E-state index in [1.54, 1.807) is 6.92 Å². The Bertz CT molecular complexity index is 1220. The van der Waals surface area contributed by atoms with E-state index in [0.29, 0.717) is 11.5 Å². The van der Waals surface area contributed by atoms with E-state index >= 15 is 0 Å². The average Bonchev–Trinajstić information content (AvgIpc) is 2.95. The molecule has 0 saturated heterocycles. The van der Waals surface area contributed by atoms with Gasteiger partial charge in [-0.3, -0.25) is 0 Å². The van der Waals surface area contributed by atoms with Crippen LogP contribution in [0.25, 0.3) is 22.3 Å². The molecule has 1 saturated carbocycles. The molecule has 0 atom stereocenters. The van der Waals surface area contributed by atoms with Gasteiger partial charge in [-0.15, -0.1) is 0 Å². The predicted molar refractivity (Wildman–Crippen MR) is 153 cm³/mol. The van der Waals surface area contributed by atoms with E-state index in [-0.39, 0.29) is 19.2 Å². The van der Waals surface area contributed by atoms with Crippen molar-refractivity contribution in [3.05, 3.63) is 95.1 Å². The molecule has 3 heteroatoms. The summed E-state index contributed by atoms with van der Waals surface area (Å²) in [7, 11) is 0. The van der Waals surface area contributed by atoms with E-state index in [1.165, 1.54) is 59.9 Å². The Kier molecular flexibility index (Phi) is 9.35. The van der Waals surface area contributed by atoms with Gasteiger partial charge in [0, 0.05) is 12.2 Å². The monoisotopic (exact) mass is 496 g/mol. The normalized spacial score (nSPS) is 13.9. The van der Waals surface area contributed by atoms with Gasteiger partial charge in [-0.25, -0.2) is 4.79 Å². The first-order valence-electron chi connectivity index (χ1n) is 13.8. The molecule has 194 valence electrons. The van der Waals surface area contributed by atoms with Crippen LogP contribution in [0.15, 0.2) is 72.8 Å². The summed E-state index contributed by atoms with van der Waals surface area (Å²) in [6.07, 6.45) is 8.98. The molecular weight excluding hydrogens is 456 g/mol. The zero-order chi connectivity index (χ0) is 26.2. The molecule has 1 N–H and O–H groups in total. The lowest BCUT2D eigenvalue weighted by atomic mass is 9.82. The van der Waals surface area contributed by atoms with E-state index < -0.39 is 0 Å². The number of aryl methyl sites for hydroxylation is 2. The van der Waals surface area contributed by atoms with Crippen LogP contribution in [0, 0.1) is 0 Å². The maximum Gasteiger partial charge on any atom is 0.333 e. The zero-order valence-electron chi connectivity index (χ0n) is 22.4. The Morgan fingerprint density at radius 2 is 1.59 bits per heavy atom. The fourth-order valence-corrected chi connectivity index (χ4v) is 5.44. The van der Waals surface area contributed by atoms with Crippen LogP contribution in [0.4, 0.5) is 0 Å². The van der Waals surface area contributed by atoms with Gasteiger partial charge < -0.3 is 9.84 Å². The maximum absolute atomic E-state index is 12.2. The van der Waals surface area contributed by atoms with Gasteiger partial charge >= 0.3 is 5.97 Å². The quantitative estimate of drug-likeness (QED) is 0.227. The number of aliphatic hydroxyl groups is 1. The fraction of sp³-hybridized carbons (Fsp3) is 0.382. The van der Waals surface area contributed by atoms with Crippen molar-refractivity contribution < 1.29 is 14.6 Å². The fourth-order valence-electron chi connectivity index (χ4n) is 5.44. The lowest BCUT2D eigenvalue weighted by molar-refractivity contribution is -0.140. The molecule has 1 aliphatic carbocycles. The maximum atomic E-state index is 12.2. The molecule has 37 heavy (non-hydrogen) atoms. The minimum Gasteiger partial charge on any atom is -0.457 e. The summed E-state index contributed by atoms with van der Waals surface area (Å²) in [4.78, 5) is 12.2. The molecule has 0 radical (unpaired) electrons. The topological polar surface area (TPSA) is 46.5 Å². The highest BCUT2D eigenvalue weighted by Gasteiger charge is 2.18. The molecule has 0 aromatic heterocycles. The molecule has 0 unspecified atom stereocenters. The first-order valence-corrected chi connectivity index (χ1v) is 13.8. The second-order valence-corrected chi connectivity index (χ2v) is 10.4. The number of rotatable bonds is 10. The third-order valence-electron chi connectivity index (χ3n) is 7.60. The van der Waals surface area contributed by atoms with Gasteiger partial charge in [0.15, 0.2) is 0 Å². The largest absolute Gasteiger partial charge is 0.457 e. The van der Waals surface area contributed by atoms with E-state index in [4.69, 9.17) is 9.84 Å². The smallest absolute Gasteiger partial charge is 0.333 e. The van der Waals surface area contributed by atoms with Gasteiger partial charge in [-0.05, 0) is 89.5 Å². The molecule has 0 bridgehead atoms. The summed E-state index contributed by atoms with van der Waals surface area (Å²) in [5, 5.41) is 9.11. The van der Waals surface area contributed by atoms with Crippen LogP contribution in [0.2, 0.25) is 0 Å². The molecule has 4 rings (SSSR count). The van der Waals surface area contributed by atoms with Crippen LogP contribution < -0.4 is 0 Å². The number of aliphatic hydroxyl groups excluding tert-OH is 1. The van der Waals surface area contributed by atoms with Crippen molar-refractivity contribution in [1.82, 2.24) is 0 Å². The van der Waals surface area contributed by atoms with Crippen LogP contribution in [0.3, 0.4) is 0 Å². The molecule has 1 fully saturated rings. The van der Waals surface area contributed by atoms with Crippen LogP contribution in [-0.4, -0.2) is 17.7 Å². The first-order chi connectivity index (χ1) is 18.0. The Morgan fingerprint density at radius 1 is 0.919 bits per heavy atom. The molecule has 0 aliphatic heterocycles. The molecule has 3 aromatic carbocycles. The van der Waals surface area contributed by atoms with Crippen LogP contribution in [-0.2, 0) is 29.0 Å². The summed E-state index contributed by atoms with van der Waals surface area (Å²) < 4.78 is 5.63. The lowest BCUT2D eigenvalue weighted by Gasteiger charge is -2.23. The van der Waals surface area contributed by atoms with Crippen molar-refractivity contribution in [1.29, 1.82) is 0 Å². The van der Waals surface area contributed by atoms with Gasteiger partial charge in [-0.2, -0.15) is 0 Å². The summed E-state index contributed by atoms with van der Waals surface area (Å²) in [5.41, 5.74) is 10.1. The van der Waals surface area contributed by atoms with Crippen LogP contribution >= 0.6 is 0 Å². The highest BCUT2D eigenvalue weighted by atomic mass is 16.5.